The maximum atomic E-state index is 13.4. The molecule has 1 aromatic heterocycles. The number of non-ortho nitro benzene ring substituents is 1. The van der Waals surface area contributed by atoms with Crippen molar-refractivity contribution in [3.05, 3.63) is 109 Å². The van der Waals surface area contributed by atoms with Gasteiger partial charge in [0.15, 0.2) is 11.5 Å². The maximum absolute atomic E-state index is 13.4. The molecular weight excluding hydrogens is 504 g/mol. The van der Waals surface area contributed by atoms with Gasteiger partial charge in [-0.05, 0) is 48.2 Å². The summed E-state index contributed by atoms with van der Waals surface area (Å²) < 4.78 is 13.3. The highest BCUT2D eigenvalue weighted by Crippen LogP contribution is 2.32. The molecule has 0 aliphatic carbocycles. The highest BCUT2D eigenvalue weighted by molar-refractivity contribution is 5.78. The Kier molecular flexibility index (Phi) is 7.39. The monoisotopic (exact) mass is 530 g/mol. The van der Waals surface area contributed by atoms with Gasteiger partial charge in [-0.25, -0.2) is 4.79 Å². The topological polar surface area (TPSA) is 135 Å². The number of hydrogen-bond donors (Lipinski definition) is 1. The van der Waals surface area contributed by atoms with Crippen LogP contribution in [0.5, 0.6) is 11.5 Å². The fourth-order valence-electron chi connectivity index (χ4n) is 4.57. The van der Waals surface area contributed by atoms with Crippen molar-refractivity contribution in [2.45, 2.75) is 38.9 Å². The molecule has 200 valence electrons. The molecule has 0 bridgehead atoms. The molecule has 0 saturated heterocycles. The van der Waals surface area contributed by atoms with E-state index in [2.05, 4.69) is 5.32 Å². The van der Waals surface area contributed by atoms with E-state index in [1.54, 1.807) is 42.5 Å². The molecule has 0 radical (unpaired) electrons. The second kappa shape index (κ2) is 11.2. The SMILES string of the molecule is O=C(CCCCn1c(=O)c2ccccc2n(Cc2cccc([N+](=O)[O-])c2)c1=O)NCc1ccc2c(c1)OCO2. The molecule has 39 heavy (non-hydrogen) atoms. The minimum Gasteiger partial charge on any atom is -0.454 e. The summed E-state index contributed by atoms with van der Waals surface area (Å²) in [5, 5.41) is 14.4. The predicted molar refractivity (Wildman–Crippen MR) is 143 cm³/mol. The average Bonchev–Trinajstić information content (AvgIpc) is 3.42. The molecule has 5 rings (SSSR count). The first-order valence-electron chi connectivity index (χ1n) is 12.5. The van der Waals surface area contributed by atoms with E-state index in [0.29, 0.717) is 47.4 Å². The van der Waals surface area contributed by atoms with Gasteiger partial charge in [0.1, 0.15) is 0 Å². The number of nitro benzene ring substituents is 1. The Morgan fingerprint density at radius 3 is 2.59 bits per heavy atom. The Morgan fingerprint density at radius 1 is 0.923 bits per heavy atom. The molecule has 4 aromatic rings. The molecule has 0 atom stereocenters. The molecule has 1 amide bonds. The van der Waals surface area contributed by atoms with Gasteiger partial charge in [0.2, 0.25) is 12.7 Å². The van der Waals surface area contributed by atoms with Gasteiger partial charge in [0.25, 0.3) is 11.2 Å². The van der Waals surface area contributed by atoms with E-state index in [4.69, 9.17) is 9.47 Å². The van der Waals surface area contributed by atoms with Crippen LogP contribution in [-0.4, -0.2) is 26.8 Å². The standard InChI is InChI=1S/C28H26N4O7/c33-26(29-16-19-11-12-24-25(15-19)39-18-38-24)10-3-4-13-30-27(34)22-8-1-2-9-23(22)31(28(30)35)17-20-6-5-7-21(14-20)32(36)37/h1-2,5-9,11-12,14-15H,3-4,10,13,16-18H2,(H,29,33). The van der Waals surface area contributed by atoms with E-state index in [1.165, 1.54) is 21.3 Å². The summed E-state index contributed by atoms with van der Waals surface area (Å²) in [6, 6.07) is 18.3. The fourth-order valence-corrected chi connectivity index (χ4v) is 4.57. The quantitative estimate of drug-likeness (QED) is 0.189. The van der Waals surface area contributed by atoms with E-state index in [1.807, 2.05) is 12.1 Å². The lowest BCUT2D eigenvalue weighted by molar-refractivity contribution is -0.384. The van der Waals surface area contributed by atoms with Crippen molar-refractivity contribution >= 4 is 22.5 Å². The van der Waals surface area contributed by atoms with Crippen molar-refractivity contribution in [1.29, 1.82) is 0 Å². The van der Waals surface area contributed by atoms with Crippen molar-refractivity contribution in [3.8, 4) is 11.5 Å². The smallest absolute Gasteiger partial charge is 0.331 e. The molecule has 0 unspecified atom stereocenters. The van der Waals surface area contributed by atoms with Crippen molar-refractivity contribution < 1.29 is 19.2 Å². The third-order valence-corrected chi connectivity index (χ3v) is 6.56. The molecule has 0 fully saturated rings. The molecule has 2 heterocycles. The summed E-state index contributed by atoms with van der Waals surface area (Å²) in [6.07, 6.45) is 1.17. The van der Waals surface area contributed by atoms with Crippen LogP contribution >= 0.6 is 0 Å². The number of benzene rings is 3. The summed E-state index contributed by atoms with van der Waals surface area (Å²) in [5.74, 6) is 1.19. The van der Waals surface area contributed by atoms with E-state index >= 15 is 0 Å². The lowest BCUT2D eigenvalue weighted by Gasteiger charge is -2.14. The summed E-state index contributed by atoms with van der Waals surface area (Å²) >= 11 is 0. The number of fused-ring (bicyclic) bond motifs is 2. The zero-order valence-electron chi connectivity index (χ0n) is 21.0. The maximum Gasteiger partial charge on any atom is 0.331 e. The summed E-state index contributed by atoms with van der Waals surface area (Å²) in [7, 11) is 0. The molecule has 1 N–H and O–H groups in total. The normalized spacial score (nSPS) is 12.0. The van der Waals surface area contributed by atoms with Crippen LogP contribution < -0.4 is 26.0 Å². The number of carbonyl (C=O) groups excluding carboxylic acids is 1. The Labute approximate surface area is 222 Å². The van der Waals surface area contributed by atoms with Crippen LogP contribution in [0.4, 0.5) is 5.69 Å². The van der Waals surface area contributed by atoms with Gasteiger partial charge >= 0.3 is 5.69 Å². The first kappa shape index (κ1) is 25.7. The van der Waals surface area contributed by atoms with E-state index in [0.717, 1.165) is 5.56 Å². The first-order chi connectivity index (χ1) is 18.9. The Morgan fingerprint density at radius 2 is 1.74 bits per heavy atom. The predicted octanol–water partition coefficient (Wildman–Crippen LogP) is 3.34. The second-order valence-electron chi connectivity index (χ2n) is 9.19. The number of nitrogens with zero attached hydrogens (tertiary/aromatic N) is 3. The third kappa shape index (κ3) is 5.66. The number of para-hydroxylation sites is 1. The van der Waals surface area contributed by atoms with Gasteiger partial charge in [0.05, 0.1) is 22.4 Å². The van der Waals surface area contributed by atoms with Gasteiger partial charge in [-0.15, -0.1) is 0 Å². The molecule has 0 saturated carbocycles. The Bertz CT molecular complexity index is 1680. The first-order valence-corrected chi connectivity index (χ1v) is 12.5. The van der Waals surface area contributed by atoms with Crippen LogP contribution in [0.25, 0.3) is 10.9 Å². The van der Waals surface area contributed by atoms with Crippen LogP contribution in [0.3, 0.4) is 0 Å². The van der Waals surface area contributed by atoms with Gasteiger partial charge in [-0.2, -0.15) is 0 Å². The Balaban J connectivity index is 1.25. The number of aromatic nitrogens is 2. The highest BCUT2D eigenvalue weighted by Gasteiger charge is 2.16. The van der Waals surface area contributed by atoms with Crippen molar-refractivity contribution in [2.75, 3.05) is 6.79 Å². The molecular formula is C28H26N4O7. The zero-order chi connectivity index (χ0) is 27.4. The van der Waals surface area contributed by atoms with Crippen LogP contribution in [-0.2, 0) is 24.4 Å². The van der Waals surface area contributed by atoms with Crippen LogP contribution in [0.2, 0.25) is 0 Å². The minimum absolute atomic E-state index is 0.0730. The lowest BCUT2D eigenvalue weighted by atomic mass is 10.1. The number of nitro groups is 1. The van der Waals surface area contributed by atoms with Crippen molar-refractivity contribution in [2.24, 2.45) is 0 Å². The molecule has 1 aliphatic heterocycles. The van der Waals surface area contributed by atoms with E-state index < -0.39 is 16.2 Å². The Hall–Kier alpha value is -4.93. The number of amides is 1. The van der Waals surface area contributed by atoms with Crippen molar-refractivity contribution in [3.63, 3.8) is 0 Å². The van der Waals surface area contributed by atoms with Gasteiger partial charge in [-0.1, -0.05) is 30.3 Å². The van der Waals surface area contributed by atoms with Gasteiger partial charge in [0, 0.05) is 31.6 Å². The zero-order valence-corrected chi connectivity index (χ0v) is 21.0. The minimum atomic E-state index is -0.502. The van der Waals surface area contributed by atoms with Gasteiger partial charge in [-0.3, -0.25) is 28.8 Å². The average molecular weight is 531 g/mol. The van der Waals surface area contributed by atoms with E-state index in [-0.39, 0.29) is 37.9 Å². The van der Waals surface area contributed by atoms with E-state index in [9.17, 15) is 24.5 Å². The number of carbonyl (C=O) groups is 1. The largest absolute Gasteiger partial charge is 0.454 e. The summed E-state index contributed by atoms with van der Waals surface area (Å²) in [5.41, 5.74) is 0.934. The molecule has 3 aromatic carbocycles. The summed E-state index contributed by atoms with van der Waals surface area (Å²) in [6.45, 7) is 0.754. The summed E-state index contributed by atoms with van der Waals surface area (Å²) in [4.78, 5) is 49.6. The highest BCUT2D eigenvalue weighted by atomic mass is 16.7. The number of rotatable bonds is 10. The number of nitrogens with one attached hydrogen (secondary N) is 1. The fraction of sp³-hybridized carbons (Fsp3) is 0.250. The van der Waals surface area contributed by atoms with Crippen LogP contribution in [0.15, 0.2) is 76.3 Å². The number of ether oxygens (including phenoxy) is 2. The molecule has 1 aliphatic rings. The van der Waals surface area contributed by atoms with Crippen LogP contribution in [0, 0.1) is 10.1 Å². The number of hydrogen-bond acceptors (Lipinski definition) is 7. The molecule has 0 spiro atoms. The van der Waals surface area contributed by atoms with Crippen LogP contribution in [0.1, 0.15) is 30.4 Å². The second-order valence-corrected chi connectivity index (χ2v) is 9.19. The molecule has 11 nitrogen and oxygen atoms in total. The van der Waals surface area contributed by atoms with Crippen molar-refractivity contribution in [1.82, 2.24) is 14.5 Å². The number of unbranched alkanes of at least 4 members (excludes halogenated alkanes) is 1. The van der Waals surface area contributed by atoms with Gasteiger partial charge < -0.3 is 14.8 Å². The third-order valence-electron chi connectivity index (χ3n) is 6.56. The molecule has 11 heteroatoms. The lowest BCUT2D eigenvalue weighted by Crippen LogP contribution is -2.40.